The molecule has 0 aliphatic heterocycles. The Morgan fingerprint density at radius 3 is 2.65 bits per heavy atom. The second kappa shape index (κ2) is 6.88. The third-order valence-corrected chi connectivity index (χ3v) is 4.69. The highest BCUT2D eigenvalue weighted by atomic mass is 79.9. The molecular formula is C16H20BrNO5. The van der Waals surface area contributed by atoms with Gasteiger partial charge < -0.3 is 19.9 Å². The Labute approximate surface area is 143 Å². The van der Waals surface area contributed by atoms with Crippen LogP contribution in [0.4, 0.5) is 0 Å². The second-order valence-electron chi connectivity index (χ2n) is 5.46. The molecule has 1 aliphatic rings. The van der Waals surface area contributed by atoms with Crippen molar-refractivity contribution < 1.29 is 23.8 Å². The summed E-state index contributed by atoms with van der Waals surface area (Å²) in [4.78, 5) is 24.4. The van der Waals surface area contributed by atoms with E-state index in [0.29, 0.717) is 11.3 Å². The smallest absolute Gasteiger partial charge is 0.326 e. The first kappa shape index (κ1) is 17.7. The van der Waals surface area contributed by atoms with Crippen molar-refractivity contribution in [3.8, 4) is 5.75 Å². The van der Waals surface area contributed by atoms with Crippen LogP contribution < -0.4 is 10.5 Å². The van der Waals surface area contributed by atoms with Crippen LogP contribution in [0.1, 0.15) is 24.8 Å². The summed E-state index contributed by atoms with van der Waals surface area (Å²) in [6.45, 7) is 1.94. The van der Waals surface area contributed by atoms with Crippen molar-refractivity contribution in [2.24, 2.45) is 11.7 Å². The van der Waals surface area contributed by atoms with Crippen molar-refractivity contribution >= 4 is 27.9 Å². The fourth-order valence-corrected chi connectivity index (χ4v) is 3.48. The molecule has 1 aromatic rings. The van der Waals surface area contributed by atoms with E-state index in [0.717, 1.165) is 4.47 Å². The average Bonchev–Trinajstić information content (AvgIpc) is 2.52. The molecule has 126 valence electrons. The minimum Gasteiger partial charge on any atom is -0.496 e. The quantitative estimate of drug-likeness (QED) is 0.779. The highest BCUT2D eigenvalue weighted by molar-refractivity contribution is 9.10. The molecule has 0 saturated heterocycles. The molecule has 3 unspecified atom stereocenters. The summed E-state index contributed by atoms with van der Waals surface area (Å²) in [5.41, 5.74) is 5.72. The van der Waals surface area contributed by atoms with Crippen LogP contribution in [0, 0.1) is 5.92 Å². The van der Waals surface area contributed by atoms with E-state index in [-0.39, 0.29) is 13.0 Å². The Balaban J connectivity index is 2.48. The van der Waals surface area contributed by atoms with E-state index in [4.69, 9.17) is 19.9 Å². The van der Waals surface area contributed by atoms with Crippen LogP contribution >= 0.6 is 15.9 Å². The molecule has 3 atom stereocenters. The molecule has 1 saturated carbocycles. The van der Waals surface area contributed by atoms with Gasteiger partial charge in [-0.05, 0) is 31.5 Å². The van der Waals surface area contributed by atoms with Gasteiger partial charge in [0.1, 0.15) is 11.3 Å². The van der Waals surface area contributed by atoms with Crippen LogP contribution in [0.15, 0.2) is 22.7 Å². The Kier molecular flexibility index (Phi) is 5.31. The molecule has 23 heavy (non-hydrogen) atoms. The minimum atomic E-state index is -1.27. The first-order chi connectivity index (χ1) is 10.9. The molecule has 0 bridgehead atoms. The number of rotatable bonds is 5. The van der Waals surface area contributed by atoms with Gasteiger partial charge in [-0.25, -0.2) is 0 Å². The van der Waals surface area contributed by atoms with Gasteiger partial charge >= 0.3 is 11.9 Å². The molecule has 0 amide bonds. The first-order valence-electron chi connectivity index (χ1n) is 7.26. The van der Waals surface area contributed by atoms with E-state index in [1.807, 2.05) is 6.07 Å². The van der Waals surface area contributed by atoms with Crippen LogP contribution in [0.2, 0.25) is 0 Å². The molecule has 0 radical (unpaired) electrons. The lowest BCUT2D eigenvalue weighted by Gasteiger charge is -2.49. The summed E-state index contributed by atoms with van der Waals surface area (Å²) in [6, 6.07) is 5.38. The highest BCUT2D eigenvalue weighted by Crippen LogP contribution is 2.53. The number of halogens is 1. The normalized spacial score (nSPS) is 26.1. The van der Waals surface area contributed by atoms with Gasteiger partial charge in [-0.1, -0.05) is 15.9 Å². The van der Waals surface area contributed by atoms with Crippen molar-refractivity contribution in [1.29, 1.82) is 0 Å². The second-order valence-corrected chi connectivity index (χ2v) is 6.37. The maximum absolute atomic E-state index is 12.3. The maximum Gasteiger partial charge on any atom is 0.326 e. The van der Waals surface area contributed by atoms with E-state index in [2.05, 4.69) is 15.9 Å². The van der Waals surface area contributed by atoms with Crippen LogP contribution in [0.25, 0.3) is 0 Å². The highest BCUT2D eigenvalue weighted by Gasteiger charge is 2.61. The van der Waals surface area contributed by atoms with Crippen LogP contribution in [-0.4, -0.2) is 38.3 Å². The molecule has 1 aliphatic carbocycles. The summed E-state index contributed by atoms with van der Waals surface area (Å²) in [5, 5.41) is 0. The zero-order valence-electron chi connectivity index (χ0n) is 13.3. The zero-order chi connectivity index (χ0) is 17.2. The van der Waals surface area contributed by atoms with E-state index in [9.17, 15) is 9.59 Å². The molecule has 6 nitrogen and oxygen atoms in total. The van der Waals surface area contributed by atoms with Gasteiger partial charge in [-0.3, -0.25) is 9.59 Å². The molecule has 0 heterocycles. The average molecular weight is 386 g/mol. The third-order valence-electron chi connectivity index (χ3n) is 4.20. The van der Waals surface area contributed by atoms with Crippen LogP contribution in [0.3, 0.4) is 0 Å². The van der Waals surface area contributed by atoms with Crippen molar-refractivity contribution in [2.75, 3.05) is 20.8 Å². The Morgan fingerprint density at radius 1 is 1.39 bits per heavy atom. The number of nitrogens with two attached hydrogens (primary N) is 1. The van der Waals surface area contributed by atoms with E-state index in [1.165, 1.54) is 14.2 Å². The number of hydrogen-bond donors (Lipinski definition) is 1. The number of carbonyl (C=O) groups excluding carboxylic acids is 2. The molecule has 7 heteroatoms. The number of carbonyl (C=O) groups is 2. The Morgan fingerprint density at radius 2 is 2.09 bits per heavy atom. The monoisotopic (exact) mass is 385 g/mol. The fraction of sp³-hybridized carbons (Fsp3) is 0.500. The third kappa shape index (κ3) is 3.07. The Hall–Kier alpha value is -1.60. The number of methoxy groups -OCH3 is 2. The van der Waals surface area contributed by atoms with Crippen molar-refractivity contribution in [2.45, 2.75) is 24.8 Å². The summed E-state index contributed by atoms with van der Waals surface area (Å²) in [5.74, 6) is -1.44. The number of hydrogen-bond acceptors (Lipinski definition) is 6. The predicted octanol–water partition coefficient (Wildman–Crippen LogP) is 1.99. The van der Waals surface area contributed by atoms with E-state index >= 15 is 0 Å². The van der Waals surface area contributed by atoms with Gasteiger partial charge in [0.05, 0.1) is 26.7 Å². The van der Waals surface area contributed by atoms with Crippen LogP contribution in [-0.2, 0) is 19.1 Å². The lowest BCUT2D eigenvalue weighted by Crippen LogP contribution is -2.66. The fourth-order valence-electron chi connectivity index (χ4n) is 3.10. The first-order valence-corrected chi connectivity index (χ1v) is 8.05. The molecule has 2 N–H and O–H groups in total. The van der Waals surface area contributed by atoms with Crippen LogP contribution in [0.5, 0.6) is 5.75 Å². The predicted molar refractivity (Wildman–Crippen MR) is 87.1 cm³/mol. The summed E-state index contributed by atoms with van der Waals surface area (Å²) in [7, 11) is 2.85. The van der Waals surface area contributed by atoms with Gasteiger partial charge in [0.2, 0.25) is 0 Å². The summed E-state index contributed by atoms with van der Waals surface area (Å²) in [6.07, 6.45) is 0.179. The molecule has 1 fully saturated rings. The van der Waals surface area contributed by atoms with Gasteiger partial charge in [0.25, 0.3) is 0 Å². The summed E-state index contributed by atoms with van der Waals surface area (Å²) < 4.78 is 16.1. The van der Waals surface area contributed by atoms with Crippen molar-refractivity contribution in [3.63, 3.8) is 0 Å². The topological polar surface area (TPSA) is 87.9 Å². The molecule has 0 aromatic heterocycles. The largest absolute Gasteiger partial charge is 0.496 e. The number of esters is 2. The molecule has 0 spiro atoms. The zero-order valence-corrected chi connectivity index (χ0v) is 14.9. The molecular weight excluding hydrogens is 366 g/mol. The van der Waals surface area contributed by atoms with E-state index in [1.54, 1.807) is 19.1 Å². The molecule has 2 rings (SSSR count). The number of ether oxygens (including phenoxy) is 3. The SMILES string of the molecule is CCOC(=O)C1(N)CC(C(=O)OC)C1c1cc(Br)ccc1OC. The van der Waals surface area contributed by atoms with Gasteiger partial charge in [0, 0.05) is 16.0 Å². The molecule has 1 aromatic carbocycles. The van der Waals surface area contributed by atoms with Crippen molar-refractivity contribution in [3.05, 3.63) is 28.2 Å². The van der Waals surface area contributed by atoms with Crippen molar-refractivity contribution in [1.82, 2.24) is 0 Å². The van der Waals surface area contributed by atoms with E-state index < -0.39 is 29.3 Å². The van der Waals surface area contributed by atoms with Gasteiger partial charge in [0.15, 0.2) is 0 Å². The lowest BCUT2D eigenvalue weighted by atomic mass is 9.56. The maximum atomic E-state index is 12.3. The van der Waals surface area contributed by atoms with Gasteiger partial charge in [-0.15, -0.1) is 0 Å². The standard InChI is InChI=1S/C16H20BrNO5/c1-4-23-15(20)16(18)8-11(14(19)22-3)13(16)10-7-9(17)5-6-12(10)21-2/h5-7,11,13H,4,8,18H2,1-3H3. The summed E-state index contributed by atoms with van der Waals surface area (Å²) >= 11 is 3.40. The number of benzene rings is 1. The van der Waals surface area contributed by atoms with Gasteiger partial charge in [-0.2, -0.15) is 0 Å². The Bertz CT molecular complexity index is 620. The lowest BCUT2D eigenvalue weighted by molar-refractivity contribution is -0.165. The minimum absolute atomic E-state index is 0.179.